The molecule has 0 unspecified atom stereocenters. The molecule has 0 atom stereocenters. The maximum Gasteiger partial charge on any atom is 0.411 e. The van der Waals surface area contributed by atoms with E-state index in [4.69, 9.17) is 17.3 Å². The van der Waals surface area contributed by atoms with Crippen molar-refractivity contribution in [3.63, 3.8) is 0 Å². The van der Waals surface area contributed by atoms with Gasteiger partial charge < -0.3 is 10.5 Å². The zero-order valence-electron chi connectivity index (χ0n) is 7.64. The summed E-state index contributed by atoms with van der Waals surface area (Å²) in [6.45, 7) is -1.55. The van der Waals surface area contributed by atoms with Crippen LogP contribution in [0.1, 0.15) is 5.56 Å². The number of hydrogen-bond acceptors (Lipinski definition) is 2. The van der Waals surface area contributed by atoms with Gasteiger partial charge in [0, 0.05) is 16.3 Å². The average molecular weight is 240 g/mol. The second kappa shape index (κ2) is 4.72. The van der Waals surface area contributed by atoms with E-state index in [2.05, 4.69) is 4.74 Å². The standard InChI is InChI=1S/C9H9ClF3NO/c10-7-2-1-3-8(14)6(7)4-15-5-9(11,12)13/h1-3H,4-5,14H2. The highest BCUT2D eigenvalue weighted by molar-refractivity contribution is 6.31. The molecular weight excluding hydrogens is 231 g/mol. The predicted molar refractivity (Wildman–Crippen MR) is 51.6 cm³/mol. The van der Waals surface area contributed by atoms with E-state index in [1.165, 1.54) is 0 Å². The molecule has 6 heteroatoms. The van der Waals surface area contributed by atoms with Gasteiger partial charge in [-0.15, -0.1) is 0 Å². The molecule has 2 N–H and O–H groups in total. The van der Waals surface area contributed by atoms with Crippen LogP contribution in [0.5, 0.6) is 0 Å². The number of hydrogen-bond donors (Lipinski definition) is 1. The van der Waals surface area contributed by atoms with Crippen molar-refractivity contribution in [3.8, 4) is 0 Å². The van der Waals surface area contributed by atoms with Crippen molar-refractivity contribution in [1.29, 1.82) is 0 Å². The van der Waals surface area contributed by atoms with Crippen LogP contribution in [0.4, 0.5) is 18.9 Å². The quantitative estimate of drug-likeness (QED) is 0.823. The number of halogens is 4. The largest absolute Gasteiger partial charge is 0.411 e. The average Bonchev–Trinajstić information content (AvgIpc) is 2.08. The van der Waals surface area contributed by atoms with Crippen LogP contribution in [0.2, 0.25) is 5.02 Å². The van der Waals surface area contributed by atoms with E-state index in [0.29, 0.717) is 16.3 Å². The number of benzene rings is 1. The molecule has 0 amide bonds. The molecule has 0 aliphatic carbocycles. The van der Waals surface area contributed by atoms with Crippen molar-refractivity contribution >= 4 is 17.3 Å². The smallest absolute Gasteiger partial charge is 0.398 e. The Kier molecular flexibility index (Phi) is 3.82. The molecule has 0 fully saturated rings. The van der Waals surface area contributed by atoms with Crippen molar-refractivity contribution in [2.75, 3.05) is 12.3 Å². The molecule has 0 radical (unpaired) electrons. The third-order valence-corrected chi connectivity index (χ3v) is 2.02. The lowest BCUT2D eigenvalue weighted by atomic mass is 10.2. The SMILES string of the molecule is Nc1cccc(Cl)c1COCC(F)(F)F. The fraction of sp³-hybridized carbons (Fsp3) is 0.333. The van der Waals surface area contributed by atoms with Crippen LogP contribution in [-0.4, -0.2) is 12.8 Å². The predicted octanol–water partition coefficient (Wildman–Crippen LogP) is 3.00. The summed E-state index contributed by atoms with van der Waals surface area (Å²) in [5, 5.41) is 0.303. The van der Waals surface area contributed by atoms with Gasteiger partial charge in [-0.05, 0) is 12.1 Å². The highest BCUT2D eigenvalue weighted by atomic mass is 35.5. The Bertz CT molecular complexity index is 320. The number of alkyl halides is 3. The molecule has 15 heavy (non-hydrogen) atoms. The van der Waals surface area contributed by atoms with Crippen LogP contribution in [0.25, 0.3) is 0 Å². The van der Waals surface area contributed by atoms with Crippen LogP contribution < -0.4 is 5.73 Å². The van der Waals surface area contributed by atoms with Gasteiger partial charge in [-0.1, -0.05) is 17.7 Å². The first kappa shape index (κ1) is 12.1. The van der Waals surface area contributed by atoms with Gasteiger partial charge >= 0.3 is 6.18 Å². The molecule has 0 heterocycles. The van der Waals surface area contributed by atoms with Gasteiger partial charge in [0.05, 0.1) is 6.61 Å². The summed E-state index contributed by atoms with van der Waals surface area (Å²) >= 11 is 5.74. The summed E-state index contributed by atoms with van der Waals surface area (Å²) < 4.78 is 39.8. The lowest BCUT2D eigenvalue weighted by molar-refractivity contribution is -0.176. The van der Waals surface area contributed by atoms with Crippen molar-refractivity contribution in [1.82, 2.24) is 0 Å². The maximum atomic E-state index is 11.8. The number of ether oxygens (including phenoxy) is 1. The Hall–Kier alpha value is -0.940. The van der Waals surface area contributed by atoms with Gasteiger partial charge in [0.2, 0.25) is 0 Å². The van der Waals surface area contributed by atoms with Gasteiger partial charge in [0.15, 0.2) is 0 Å². The van der Waals surface area contributed by atoms with E-state index in [1.807, 2.05) is 0 Å². The number of rotatable bonds is 3. The van der Waals surface area contributed by atoms with E-state index in [1.54, 1.807) is 18.2 Å². The molecule has 0 aliphatic heterocycles. The Balaban J connectivity index is 2.58. The molecule has 0 aliphatic rings. The van der Waals surface area contributed by atoms with Crippen molar-refractivity contribution < 1.29 is 17.9 Å². The van der Waals surface area contributed by atoms with Crippen molar-refractivity contribution in [2.24, 2.45) is 0 Å². The number of nitrogen functional groups attached to an aromatic ring is 1. The van der Waals surface area contributed by atoms with Crippen LogP contribution in [0.3, 0.4) is 0 Å². The Morgan fingerprint density at radius 2 is 2.00 bits per heavy atom. The fourth-order valence-electron chi connectivity index (χ4n) is 0.996. The van der Waals surface area contributed by atoms with Gasteiger partial charge in [-0.25, -0.2) is 0 Å². The van der Waals surface area contributed by atoms with Gasteiger partial charge in [-0.3, -0.25) is 0 Å². The Labute approximate surface area is 89.8 Å². The van der Waals surface area contributed by atoms with Crippen LogP contribution >= 0.6 is 11.6 Å². The molecular formula is C9H9ClF3NO. The third kappa shape index (κ3) is 3.97. The van der Waals surface area contributed by atoms with Gasteiger partial charge in [-0.2, -0.15) is 13.2 Å². The molecule has 0 saturated carbocycles. The Morgan fingerprint density at radius 1 is 1.33 bits per heavy atom. The van der Waals surface area contributed by atoms with E-state index in [-0.39, 0.29) is 6.61 Å². The zero-order chi connectivity index (χ0) is 11.5. The first-order valence-electron chi connectivity index (χ1n) is 4.07. The van der Waals surface area contributed by atoms with Crippen LogP contribution in [0.15, 0.2) is 18.2 Å². The number of nitrogens with two attached hydrogens (primary N) is 1. The summed E-state index contributed by atoms with van der Waals surface area (Å²) in [4.78, 5) is 0. The molecule has 1 rings (SSSR count). The van der Waals surface area contributed by atoms with Gasteiger partial charge in [0.25, 0.3) is 0 Å². The summed E-state index contributed by atoms with van der Waals surface area (Å²) in [5.74, 6) is 0. The van der Waals surface area contributed by atoms with E-state index in [0.717, 1.165) is 0 Å². The lowest BCUT2D eigenvalue weighted by Crippen LogP contribution is -2.17. The fourth-order valence-corrected chi connectivity index (χ4v) is 1.23. The summed E-state index contributed by atoms with van der Waals surface area (Å²) in [6, 6.07) is 4.72. The topological polar surface area (TPSA) is 35.2 Å². The maximum absolute atomic E-state index is 11.8. The molecule has 2 nitrogen and oxygen atoms in total. The number of anilines is 1. The summed E-state index contributed by atoms with van der Waals surface area (Å²) in [7, 11) is 0. The first-order chi connectivity index (χ1) is 6.90. The minimum Gasteiger partial charge on any atom is -0.398 e. The van der Waals surface area contributed by atoms with Crippen molar-refractivity contribution in [2.45, 2.75) is 12.8 Å². The minimum atomic E-state index is -4.34. The second-order valence-corrected chi connectivity index (χ2v) is 3.32. The molecule has 0 aromatic heterocycles. The summed E-state index contributed by atoms with van der Waals surface area (Å²) in [6.07, 6.45) is -4.34. The highest BCUT2D eigenvalue weighted by Crippen LogP contribution is 2.23. The van der Waals surface area contributed by atoms with Crippen molar-refractivity contribution in [3.05, 3.63) is 28.8 Å². The third-order valence-electron chi connectivity index (χ3n) is 1.67. The Morgan fingerprint density at radius 3 is 2.53 bits per heavy atom. The molecule has 0 spiro atoms. The normalized spacial score (nSPS) is 11.7. The second-order valence-electron chi connectivity index (χ2n) is 2.92. The molecule has 1 aromatic carbocycles. The summed E-state index contributed by atoms with van der Waals surface area (Å²) in [5.41, 5.74) is 6.23. The molecule has 1 aromatic rings. The molecule has 84 valence electrons. The van der Waals surface area contributed by atoms with E-state index < -0.39 is 12.8 Å². The first-order valence-corrected chi connectivity index (χ1v) is 4.45. The van der Waals surface area contributed by atoms with Crippen LogP contribution in [-0.2, 0) is 11.3 Å². The van der Waals surface area contributed by atoms with Gasteiger partial charge in [0.1, 0.15) is 6.61 Å². The molecule has 0 bridgehead atoms. The van der Waals surface area contributed by atoms with Crippen LogP contribution in [0, 0.1) is 0 Å². The highest BCUT2D eigenvalue weighted by Gasteiger charge is 2.27. The van der Waals surface area contributed by atoms with E-state index >= 15 is 0 Å². The molecule has 0 saturated heterocycles. The minimum absolute atomic E-state index is 0.245. The monoisotopic (exact) mass is 239 g/mol. The zero-order valence-corrected chi connectivity index (χ0v) is 8.40. The van der Waals surface area contributed by atoms with E-state index in [9.17, 15) is 13.2 Å². The lowest BCUT2D eigenvalue weighted by Gasteiger charge is -2.10.